The summed E-state index contributed by atoms with van der Waals surface area (Å²) < 4.78 is 40.8. The van der Waals surface area contributed by atoms with E-state index in [0.29, 0.717) is 19.1 Å². The van der Waals surface area contributed by atoms with Crippen LogP contribution in [0.1, 0.15) is 12.8 Å². The van der Waals surface area contributed by atoms with Gasteiger partial charge >= 0.3 is 6.18 Å². The highest BCUT2D eigenvalue weighted by Crippen LogP contribution is 2.16. The Kier molecular flexibility index (Phi) is 5.87. The second-order valence-corrected chi connectivity index (χ2v) is 4.59. The molecule has 1 saturated heterocycles. The molecule has 1 fully saturated rings. The first-order chi connectivity index (χ1) is 8.40. The molecule has 1 heterocycles. The van der Waals surface area contributed by atoms with Crippen LogP contribution in [0.2, 0.25) is 0 Å². The summed E-state index contributed by atoms with van der Waals surface area (Å²) in [5, 5.41) is 1.88. The van der Waals surface area contributed by atoms with Gasteiger partial charge in [0.05, 0.1) is 13.2 Å². The number of nitrogens with zero attached hydrogens (tertiary/aromatic N) is 1. The van der Waals surface area contributed by atoms with Crippen molar-refractivity contribution >= 4 is 5.91 Å². The molecule has 18 heavy (non-hydrogen) atoms. The number of likely N-dealkylation sites (tertiary alicyclic amines) is 1. The van der Waals surface area contributed by atoms with E-state index < -0.39 is 18.6 Å². The number of hydrogen-bond acceptors (Lipinski definition) is 3. The van der Waals surface area contributed by atoms with Crippen molar-refractivity contribution in [2.24, 2.45) is 5.92 Å². The maximum atomic E-state index is 11.9. The van der Waals surface area contributed by atoms with Crippen LogP contribution in [0.4, 0.5) is 13.2 Å². The Labute approximate surface area is 104 Å². The lowest BCUT2D eigenvalue weighted by molar-refractivity contribution is -0.139. The minimum Gasteiger partial charge on any atom is -0.384 e. The Morgan fingerprint density at radius 2 is 2.22 bits per heavy atom. The highest BCUT2D eigenvalue weighted by Gasteiger charge is 2.28. The van der Waals surface area contributed by atoms with Gasteiger partial charge in [0.2, 0.25) is 5.91 Å². The molecule has 106 valence electrons. The summed E-state index contributed by atoms with van der Waals surface area (Å²) in [6.45, 7) is 0.838. The molecule has 1 amide bonds. The third-order valence-electron chi connectivity index (χ3n) is 2.86. The average Bonchev–Trinajstić information content (AvgIpc) is 2.26. The summed E-state index contributed by atoms with van der Waals surface area (Å²) in [6, 6.07) is 0. The lowest BCUT2D eigenvalue weighted by atomic mass is 9.99. The predicted octanol–water partition coefficient (Wildman–Crippen LogP) is 1.02. The number of carbonyl (C=O) groups is 1. The number of hydrogen-bond donors (Lipinski definition) is 1. The molecule has 1 rings (SSSR count). The van der Waals surface area contributed by atoms with Crippen molar-refractivity contribution in [2.45, 2.75) is 19.0 Å². The number of alkyl halides is 3. The van der Waals surface area contributed by atoms with Gasteiger partial charge in [-0.2, -0.15) is 13.2 Å². The Balaban J connectivity index is 2.26. The molecule has 1 aliphatic rings. The zero-order valence-electron chi connectivity index (χ0n) is 10.4. The first kappa shape index (κ1) is 15.2. The molecule has 0 spiro atoms. The molecule has 4 nitrogen and oxygen atoms in total. The van der Waals surface area contributed by atoms with Crippen LogP contribution in [-0.2, 0) is 9.53 Å². The van der Waals surface area contributed by atoms with Gasteiger partial charge in [-0.05, 0) is 25.3 Å². The van der Waals surface area contributed by atoms with Crippen molar-refractivity contribution < 1.29 is 22.7 Å². The van der Waals surface area contributed by atoms with Crippen LogP contribution in [-0.4, -0.2) is 56.9 Å². The topological polar surface area (TPSA) is 41.6 Å². The van der Waals surface area contributed by atoms with Crippen LogP contribution >= 0.6 is 0 Å². The van der Waals surface area contributed by atoms with Gasteiger partial charge in [-0.25, -0.2) is 0 Å². The maximum Gasteiger partial charge on any atom is 0.405 e. The van der Waals surface area contributed by atoms with E-state index in [0.717, 1.165) is 19.4 Å². The fourth-order valence-electron chi connectivity index (χ4n) is 2.12. The molecule has 0 aromatic heterocycles. The number of ether oxygens (including phenoxy) is 1. The third kappa shape index (κ3) is 6.20. The highest BCUT2D eigenvalue weighted by atomic mass is 19.4. The van der Waals surface area contributed by atoms with E-state index in [4.69, 9.17) is 4.74 Å². The summed E-state index contributed by atoms with van der Waals surface area (Å²) >= 11 is 0. The molecule has 0 aromatic carbocycles. The summed E-state index contributed by atoms with van der Waals surface area (Å²) in [6.07, 6.45) is -2.37. The number of halogens is 3. The van der Waals surface area contributed by atoms with Gasteiger partial charge in [0.15, 0.2) is 0 Å². The molecule has 1 atom stereocenters. The SMILES string of the molecule is COCC1CCCN(CC(=O)NCC(F)(F)F)C1. The second kappa shape index (κ2) is 6.94. The van der Waals surface area contributed by atoms with Gasteiger partial charge < -0.3 is 10.1 Å². The van der Waals surface area contributed by atoms with E-state index in [9.17, 15) is 18.0 Å². The number of methoxy groups -OCH3 is 1. The first-order valence-electron chi connectivity index (χ1n) is 5.95. The van der Waals surface area contributed by atoms with Gasteiger partial charge in [-0.15, -0.1) is 0 Å². The lowest BCUT2D eigenvalue weighted by Gasteiger charge is -2.31. The largest absolute Gasteiger partial charge is 0.405 e. The Morgan fingerprint density at radius 3 is 2.83 bits per heavy atom. The van der Waals surface area contributed by atoms with Crippen LogP contribution in [0.15, 0.2) is 0 Å². The van der Waals surface area contributed by atoms with Gasteiger partial charge in [0.1, 0.15) is 6.54 Å². The number of amides is 1. The van der Waals surface area contributed by atoms with E-state index in [2.05, 4.69) is 0 Å². The molecule has 0 saturated carbocycles. The maximum absolute atomic E-state index is 11.9. The minimum absolute atomic E-state index is 0.0241. The lowest BCUT2D eigenvalue weighted by Crippen LogP contribution is -2.45. The summed E-state index contributed by atoms with van der Waals surface area (Å²) in [4.78, 5) is 13.2. The van der Waals surface area contributed by atoms with E-state index in [1.807, 2.05) is 10.2 Å². The number of carbonyl (C=O) groups excluding carboxylic acids is 1. The molecule has 1 aliphatic heterocycles. The Hall–Kier alpha value is -0.820. The van der Waals surface area contributed by atoms with Crippen molar-refractivity contribution in [1.29, 1.82) is 0 Å². The third-order valence-corrected chi connectivity index (χ3v) is 2.86. The van der Waals surface area contributed by atoms with E-state index >= 15 is 0 Å². The monoisotopic (exact) mass is 268 g/mol. The van der Waals surface area contributed by atoms with Crippen molar-refractivity contribution in [3.05, 3.63) is 0 Å². The van der Waals surface area contributed by atoms with Crippen LogP contribution in [0.5, 0.6) is 0 Å². The molecular formula is C11H19F3N2O2. The molecule has 0 radical (unpaired) electrons. The molecule has 7 heteroatoms. The molecule has 0 aromatic rings. The van der Waals surface area contributed by atoms with E-state index in [1.165, 1.54) is 0 Å². The van der Waals surface area contributed by atoms with Gasteiger partial charge in [0.25, 0.3) is 0 Å². The summed E-state index contributed by atoms with van der Waals surface area (Å²) in [5.41, 5.74) is 0. The van der Waals surface area contributed by atoms with Crippen LogP contribution < -0.4 is 5.32 Å². The zero-order valence-corrected chi connectivity index (χ0v) is 10.4. The van der Waals surface area contributed by atoms with E-state index in [-0.39, 0.29) is 6.54 Å². The molecule has 0 bridgehead atoms. The zero-order chi connectivity index (χ0) is 13.6. The van der Waals surface area contributed by atoms with Gasteiger partial charge in [-0.3, -0.25) is 9.69 Å². The van der Waals surface area contributed by atoms with E-state index in [1.54, 1.807) is 7.11 Å². The summed E-state index contributed by atoms with van der Waals surface area (Å²) in [7, 11) is 1.62. The summed E-state index contributed by atoms with van der Waals surface area (Å²) in [5.74, 6) is -0.218. The Bertz CT molecular complexity index is 270. The molecule has 1 N–H and O–H groups in total. The van der Waals surface area contributed by atoms with Crippen molar-refractivity contribution in [3.8, 4) is 0 Å². The first-order valence-corrected chi connectivity index (χ1v) is 5.95. The highest BCUT2D eigenvalue weighted by molar-refractivity contribution is 5.78. The fraction of sp³-hybridized carbons (Fsp3) is 0.909. The number of nitrogens with one attached hydrogen (secondary N) is 1. The van der Waals surface area contributed by atoms with Crippen LogP contribution in [0.3, 0.4) is 0 Å². The normalized spacial score (nSPS) is 21.9. The van der Waals surface area contributed by atoms with Crippen LogP contribution in [0, 0.1) is 5.92 Å². The second-order valence-electron chi connectivity index (χ2n) is 4.59. The van der Waals surface area contributed by atoms with Crippen LogP contribution in [0.25, 0.3) is 0 Å². The fourth-order valence-corrected chi connectivity index (χ4v) is 2.12. The van der Waals surface area contributed by atoms with Crippen molar-refractivity contribution in [2.75, 3.05) is 39.9 Å². The molecule has 0 aliphatic carbocycles. The average molecular weight is 268 g/mol. The predicted molar refractivity (Wildman–Crippen MR) is 60.1 cm³/mol. The van der Waals surface area contributed by atoms with Crippen molar-refractivity contribution in [1.82, 2.24) is 10.2 Å². The number of piperidine rings is 1. The standard InChI is InChI=1S/C11H19F3N2O2/c1-18-7-9-3-2-4-16(5-9)6-10(17)15-8-11(12,13)14/h9H,2-8H2,1H3,(H,15,17). The van der Waals surface area contributed by atoms with Crippen molar-refractivity contribution in [3.63, 3.8) is 0 Å². The molecular weight excluding hydrogens is 249 g/mol. The smallest absolute Gasteiger partial charge is 0.384 e. The quantitative estimate of drug-likeness (QED) is 0.809. The van der Waals surface area contributed by atoms with Gasteiger partial charge in [-0.1, -0.05) is 0 Å². The number of rotatable bonds is 5. The molecule has 1 unspecified atom stereocenters. The van der Waals surface area contributed by atoms with Gasteiger partial charge in [0, 0.05) is 13.7 Å². The Morgan fingerprint density at radius 1 is 1.50 bits per heavy atom. The minimum atomic E-state index is -4.35.